The van der Waals surface area contributed by atoms with Crippen molar-refractivity contribution in [3.63, 3.8) is 0 Å². The third-order valence-corrected chi connectivity index (χ3v) is 14.8. The molecule has 276 valence electrons. The smallest absolute Gasteiger partial charge is 0.177 e. The number of ether oxygens (including phenoxy) is 3. The Bertz CT molecular complexity index is 2050. The number of anilines is 3. The van der Waals surface area contributed by atoms with Crippen molar-refractivity contribution in [3.05, 3.63) is 88.5 Å². The Morgan fingerprint density at radius 3 is 1.21 bits per heavy atom. The third kappa shape index (κ3) is 5.65. The predicted molar refractivity (Wildman–Crippen MR) is 213 cm³/mol. The molecule has 53 heavy (non-hydrogen) atoms. The monoisotopic (exact) mass is 709 g/mol. The molecule has 6 N–H and O–H groups in total. The maximum Gasteiger partial charge on any atom is 0.177 e. The summed E-state index contributed by atoms with van der Waals surface area (Å²) < 4.78 is 21.9. The molecule has 6 heteroatoms. The fourth-order valence-corrected chi connectivity index (χ4v) is 13.1. The molecule has 0 spiro atoms. The quantitative estimate of drug-likeness (QED) is 0.157. The largest absolute Gasteiger partial charge is 0.457 e. The SMILES string of the molecule is Cc1cc(Oc2cc(C34CC5CC(CC(C5)C3)C4)c(Oc3ccc(N)c(C)c3)c(C34CC5CC(CC(C5)C3)C4)c2Oc2ccc(N)c(C)c2)ccc1N. The van der Waals surface area contributed by atoms with Crippen molar-refractivity contribution in [1.29, 1.82) is 0 Å². The second kappa shape index (κ2) is 12.1. The van der Waals surface area contributed by atoms with Gasteiger partial charge < -0.3 is 31.4 Å². The minimum atomic E-state index is -0.0709. The van der Waals surface area contributed by atoms with Crippen LogP contribution in [0, 0.1) is 56.3 Å². The van der Waals surface area contributed by atoms with Gasteiger partial charge in [0.1, 0.15) is 23.0 Å². The molecule has 0 atom stereocenters. The number of nitrogens with two attached hydrogens (primary N) is 3. The van der Waals surface area contributed by atoms with Gasteiger partial charge in [-0.3, -0.25) is 0 Å². The summed E-state index contributed by atoms with van der Waals surface area (Å²) >= 11 is 0. The summed E-state index contributed by atoms with van der Waals surface area (Å²) in [5.41, 5.74) is 26.9. The zero-order valence-corrected chi connectivity index (χ0v) is 31.7. The van der Waals surface area contributed by atoms with Gasteiger partial charge in [0.25, 0.3) is 0 Å². The fourth-order valence-electron chi connectivity index (χ4n) is 13.1. The number of hydrogen-bond acceptors (Lipinski definition) is 6. The normalized spacial score (nSPS) is 31.9. The van der Waals surface area contributed by atoms with Gasteiger partial charge in [-0.2, -0.15) is 0 Å². The van der Waals surface area contributed by atoms with E-state index in [-0.39, 0.29) is 10.8 Å². The third-order valence-electron chi connectivity index (χ3n) is 14.8. The lowest BCUT2D eigenvalue weighted by atomic mass is 9.46. The minimum absolute atomic E-state index is 0.0371. The molecule has 0 radical (unpaired) electrons. The molecule has 0 unspecified atom stereocenters. The molecule has 8 aliphatic carbocycles. The van der Waals surface area contributed by atoms with E-state index in [1.165, 1.54) is 88.2 Å². The standard InChI is InChI=1S/C47H55N3O3/c1-26-10-35(4-7-39(26)48)51-42-19-38(46-20-29-13-30(21-46)15-31(14-29)22-46)44(52-36-5-8-40(49)27(2)11-36)43(45(42)53-37-6-9-41(50)28(3)12-37)47-23-32-16-33(24-47)18-34(17-32)25-47/h4-12,19,29-34H,13-18,20-25,48-50H2,1-3H3. The number of rotatable bonds is 8. The van der Waals surface area contributed by atoms with Crippen LogP contribution in [0.1, 0.15) is 105 Å². The minimum Gasteiger partial charge on any atom is -0.457 e. The first-order chi connectivity index (χ1) is 25.5. The highest BCUT2D eigenvalue weighted by molar-refractivity contribution is 5.67. The Balaban J connectivity index is 1.26. The molecule has 4 aromatic rings. The van der Waals surface area contributed by atoms with Crippen LogP contribution < -0.4 is 31.4 Å². The molecule has 4 aromatic carbocycles. The zero-order chi connectivity index (χ0) is 36.2. The summed E-state index contributed by atoms with van der Waals surface area (Å²) in [7, 11) is 0. The molecule has 0 heterocycles. The molecule has 0 aliphatic heterocycles. The first-order valence-corrected chi connectivity index (χ1v) is 20.4. The molecule has 8 bridgehead atoms. The van der Waals surface area contributed by atoms with E-state index in [1.807, 2.05) is 44.2 Å². The van der Waals surface area contributed by atoms with Crippen LogP contribution in [-0.2, 0) is 10.8 Å². The van der Waals surface area contributed by atoms with E-state index in [0.717, 1.165) is 104 Å². The summed E-state index contributed by atoms with van der Waals surface area (Å²) in [6.07, 6.45) is 15.3. The number of nitrogen functional groups attached to an aromatic ring is 3. The van der Waals surface area contributed by atoms with Gasteiger partial charge in [0, 0.05) is 33.6 Å². The van der Waals surface area contributed by atoms with Crippen molar-refractivity contribution in [3.8, 4) is 34.5 Å². The Morgan fingerprint density at radius 2 is 0.811 bits per heavy atom. The van der Waals surface area contributed by atoms with E-state index < -0.39 is 0 Å². The summed E-state index contributed by atoms with van der Waals surface area (Å²) in [6, 6.07) is 20.5. The fraction of sp³-hybridized carbons (Fsp3) is 0.489. The Kier molecular flexibility index (Phi) is 7.59. The maximum absolute atomic E-state index is 7.49. The van der Waals surface area contributed by atoms with Gasteiger partial charge >= 0.3 is 0 Å². The highest BCUT2D eigenvalue weighted by Gasteiger charge is 2.57. The number of aryl methyl sites for hydroxylation is 3. The molecule has 0 aromatic heterocycles. The van der Waals surface area contributed by atoms with Crippen molar-refractivity contribution in [2.24, 2.45) is 35.5 Å². The second-order valence-electron chi connectivity index (χ2n) is 18.7. The topological polar surface area (TPSA) is 106 Å². The highest BCUT2D eigenvalue weighted by Crippen LogP contribution is 2.68. The van der Waals surface area contributed by atoms with E-state index in [2.05, 4.69) is 37.3 Å². The molecule has 6 nitrogen and oxygen atoms in total. The van der Waals surface area contributed by atoms with Gasteiger partial charge in [0.15, 0.2) is 11.5 Å². The van der Waals surface area contributed by atoms with Crippen molar-refractivity contribution in [2.75, 3.05) is 17.2 Å². The number of benzene rings is 4. The Hall–Kier alpha value is -4.32. The van der Waals surface area contributed by atoms with Gasteiger partial charge in [-0.05, 0) is 216 Å². The van der Waals surface area contributed by atoms with E-state index >= 15 is 0 Å². The van der Waals surface area contributed by atoms with E-state index in [4.69, 9.17) is 31.4 Å². The van der Waals surface area contributed by atoms with Crippen LogP contribution in [0.15, 0.2) is 60.7 Å². The Labute approximate surface area is 314 Å². The first-order valence-electron chi connectivity index (χ1n) is 20.4. The van der Waals surface area contributed by atoms with E-state index in [9.17, 15) is 0 Å². The molecule has 8 saturated carbocycles. The summed E-state index contributed by atoms with van der Waals surface area (Å²) in [5.74, 6) is 9.47. The van der Waals surface area contributed by atoms with Crippen LogP contribution in [0.25, 0.3) is 0 Å². The van der Waals surface area contributed by atoms with Gasteiger partial charge in [-0.25, -0.2) is 0 Å². The first kappa shape index (κ1) is 33.3. The maximum atomic E-state index is 7.49. The summed E-state index contributed by atoms with van der Waals surface area (Å²) in [4.78, 5) is 0. The van der Waals surface area contributed by atoms with Crippen LogP contribution in [0.2, 0.25) is 0 Å². The predicted octanol–water partition coefficient (Wildman–Crippen LogP) is 11.7. The van der Waals surface area contributed by atoms with Gasteiger partial charge in [0.2, 0.25) is 0 Å². The molecular formula is C47H55N3O3. The number of hydrogen-bond donors (Lipinski definition) is 3. The summed E-state index contributed by atoms with van der Waals surface area (Å²) in [5, 5.41) is 0. The van der Waals surface area contributed by atoms with Crippen molar-refractivity contribution < 1.29 is 14.2 Å². The molecule has 8 fully saturated rings. The average molecular weight is 710 g/mol. The molecule has 12 rings (SSSR count). The molecule has 8 aliphatic rings. The van der Waals surface area contributed by atoms with E-state index in [1.54, 1.807) is 0 Å². The van der Waals surface area contributed by atoms with E-state index in [0.29, 0.717) is 0 Å². The summed E-state index contributed by atoms with van der Waals surface area (Å²) in [6.45, 7) is 6.17. The van der Waals surface area contributed by atoms with Crippen LogP contribution >= 0.6 is 0 Å². The molecule has 0 saturated heterocycles. The van der Waals surface area contributed by atoms with Crippen molar-refractivity contribution in [2.45, 2.75) is 109 Å². The van der Waals surface area contributed by atoms with Gasteiger partial charge in [0.05, 0.1) is 0 Å². The van der Waals surface area contributed by atoms with Crippen molar-refractivity contribution in [1.82, 2.24) is 0 Å². The highest BCUT2D eigenvalue weighted by atomic mass is 16.5. The van der Waals surface area contributed by atoms with Gasteiger partial charge in [-0.1, -0.05) is 0 Å². The van der Waals surface area contributed by atoms with Crippen LogP contribution in [-0.4, -0.2) is 0 Å². The van der Waals surface area contributed by atoms with Crippen molar-refractivity contribution >= 4 is 17.1 Å². The zero-order valence-electron chi connectivity index (χ0n) is 31.7. The van der Waals surface area contributed by atoms with Crippen LogP contribution in [0.4, 0.5) is 17.1 Å². The second-order valence-corrected chi connectivity index (χ2v) is 18.7. The molecular weight excluding hydrogens is 655 g/mol. The lowest BCUT2D eigenvalue weighted by Crippen LogP contribution is -2.50. The molecule has 0 amide bonds. The lowest BCUT2D eigenvalue weighted by Gasteiger charge is -2.59. The van der Waals surface area contributed by atoms with Gasteiger partial charge in [-0.15, -0.1) is 0 Å². The van der Waals surface area contributed by atoms with Crippen LogP contribution in [0.5, 0.6) is 34.5 Å². The Morgan fingerprint density at radius 1 is 0.453 bits per heavy atom. The average Bonchev–Trinajstić information content (AvgIpc) is 3.09. The lowest BCUT2D eigenvalue weighted by molar-refractivity contribution is -0.0107. The van der Waals surface area contributed by atoms with Crippen LogP contribution in [0.3, 0.4) is 0 Å².